The lowest BCUT2D eigenvalue weighted by molar-refractivity contribution is -0.218. The summed E-state index contributed by atoms with van der Waals surface area (Å²) in [4.78, 5) is 49.7. The molecule has 214 valence electrons. The third kappa shape index (κ3) is 6.62. The van der Waals surface area contributed by atoms with Gasteiger partial charge in [0.1, 0.15) is 6.54 Å². The highest BCUT2D eigenvalue weighted by molar-refractivity contribution is 6.01. The number of benzene rings is 3. The van der Waals surface area contributed by atoms with Crippen LogP contribution in [0.4, 0.5) is 0 Å². The average Bonchev–Trinajstić information content (AvgIpc) is 3.44. The molecule has 1 aliphatic heterocycles. The number of carboxylic acid groups (broad SMARTS) is 3. The minimum atomic E-state index is -3.04. The van der Waals surface area contributed by atoms with Gasteiger partial charge in [-0.05, 0) is 42.0 Å². The van der Waals surface area contributed by atoms with Crippen molar-refractivity contribution in [3.8, 4) is 11.1 Å². The predicted molar refractivity (Wildman–Crippen MR) is 147 cm³/mol. The summed E-state index contributed by atoms with van der Waals surface area (Å²) in [5.41, 5.74) is 3.99. The maximum Gasteiger partial charge on any atom is 0.377 e. The number of carbonyl (C=O) groups is 4. The number of aliphatic carboxylic acids is 3. The Labute approximate surface area is 236 Å². The van der Waals surface area contributed by atoms with Gasteiger partial charge < -0.3 is 29.7 Å². The standard InChI is InChI=1S/C31H31NO9/c1-20(32(18-27(33)34)28(35)26-19-40-31(41-26,29(36)37)30(38)39)25(17-12-21-8-4-2-5-9-21)24-15-13-23(14-16-24)22-10-6-3-7-11-22/h2-11,13-16,20,25-26H,12,17-19H2,1H3,(H,33,34)(H,36,37)(H,38,39). The predicted octanol–water partition coefficient (Wildman–Crippen LogP) is 3.65. The molecular weight excluding hydrogens is 530 g/mol. The maximum atomic E-state index is 13.6. The quantitative estimate of drug-likeness (QED) is 0.282. The molecule has 41 heavy (non-hydrogen) atoms. The highest BCUT2D eigenvalue weighted by Crippen LogP contribution is 2.33. The summed E-state index contributed by atoms with van der Waals surface area (Å²) in [6.45, 7) is 0.372. The first-order valence-corrected chi connectivity index (χ1v) is 13.1. The van der Waals surface area contributed by atoms with E-state index in [1.807, 2.05) is 84.9 Å². The second-order valence-electron chi connectivity index (χ2n) is 9.86. The summed E-state index contributed by atoms with van der Waals surface area (Å²) in [7, 11) is 0. The van der Waals surface area contributed by atoms with Gasteiger partial charge in [0.15, 0.2) is 6.10 Å². The molecule has 1 aliphatic rings. The van der Waals surface area contributed by atoms with Gasteiger partial charge in [0.05, 0.1) is 6.61 Å². The molecule has 10 nitrogen and oxygen atoms in total. The SMILES string of the molecule is CC(C(CCc1ccccc1)c1ccc(-c2ccccc2)cc1)N(CC(=O)O)C(=O)C1COC(C(=O)O)(C(=O)O)O1. The van der Waals surface area contributed by atoms with Gasteiger partial charge in [0.25, 0.3) is 5.91 Å². The Bertz CT molecular complexity index is 1360. The first-order chi connectivity index (χ1) is 19.6. The van der Waals surface area contributed by atoms with Crippen molar-refractivity contribution in [2.24, 2.45) is 0 Å². The van der Waals surface area contributed by atoms with E-state index in [-0.39, 0.29) is 5.92 Å². The summed E-state index contributed by atoms with van der Waals surface area (Å²) in [5, 5.41) is 28.5. The van der Waals surface area contributed by atoms with Crippen LogP contribution in [0.15, 0.2) is 84.9 Å². The van der Waals surface area contributed by atoms with Gasteiger partial charge in [0.2, 0.25) is 0 Å². The lowest BCUT2D eigenvalue weighted by Gasteiger charge is -2.35. The van der Waals surface area contributed by atoms with E-state index in [0.29, 0.717) is 12.8 Å². The summed E-state index contributed by atoms with van der Waals surface area (Å²) in [5.74, 6) is -9.36. The van der Waals surface area contributed by atoms with Crippen LogP contribution in [0.25, 0.3) is 11.1 Å². The summed E-state index contributed by atoms with van der Waals surface area (Å²) in [6, 6.07) is 26.7. The zero-order valence-corrected chi connectivity index (χ0v) is 22.4. The zero-order chi connectivity index (χ0) is 29.6. The van der Waals surface area contributed by atoms with Crippen molar-refractivity contribution in [3.63, 3.8) is 0 Å². The monoisotopic (exact) mass is 561 g/mol. The van der Waals surface area contributed by atoms with E-state index in [4.69, 9.17) is 9.47 Å². The Balaban J connectivity index is 1.64. The van der Waals surface area contributed by atoms with Crippen molar-refractivity contribution >= 4 is 23.8 Å². The molecule has 3 N–H and O–H groups in total. The van der Waals surface area contributed by atoms with Crippen molar-refractivity contribution < 1.29 is 44.0 Å². The van der Waals surface area contributed by atoms with E-state index >= 15 is 0 Å². The Morgan fingerprint density at radius 2 is 1.41 bits per heavy atom. The van der Waals surface area contributed by atoms with Crippen LogP contribution in [-0.4, -0.2) is 75.1 Å². The zero-order valence-electron chi connectivity index (χ0n) is 22.4. The number of hydrogen-bond donors (Lipinski definition) is 3. The fourth-order valence-corrected chi connectivity index (χ4v) is 5.08. The van der Waals surface area contributed by atoms with E-state index in [0.717, 1.165) is 27.2 Å². The minimum Gasteiger partial charge on any atom is -0.480 e. The van der Waals surface area contributed by atoms with Crippen LogP contribution in [0.3, 0.4) is 0 Å². The molecular formula is C31H31NO9. The van der Waals surface area contributed by atoms with Gasteiger partial charge in [-0.15, -0.1) is 0 Å². The van der Waals surface area contributed by atoms with E-state index in [1.165, 1.54) is 0 Å². The topological polar surface area (TPSA) is 151 Å². The normalized spacial score (nSPS) is 17.3. The van der Waals surface area contributed by atoms with E-state index in [2.05, 4.69) is 0 Å². The van der Waals surface area contributed by atoms with Crippen molar-refractivity contribution in [1.29, 1.82) is 0 Å². The number of ether oxygens (including phenoxy) is 2. The van der Waals surface area contributed by atoms with Gasteiger partial charge >= 0.3 is 23.7 Å². The van der Waals surface area contributed by atoms with Crippen LogP contribution in [0.1, 0.15) is 30.4 Å². The number of nitrogens with zero attached hydrogens (tertiary/aromatic N) is 1. The molecule has 0 spiro atoms. The smallest absolute Gasteiger partial charge is 0.377 e. The fraction of sp³-hybridized carbons (Fsp3) is 0.290. The molecule has 1 heterocycles. The number of amides is 1. The van der Waals surface area contributed by atoms with Crippen LogP contribution < -0.4 is 0 Å². The molecule has 1 fully saturated rings. The molecule has 0 aliphatic carbocycles. The molecule has 0 bridgehead atoms. The molecule has 1 amide bonds. The number of aryl methyl sites for hydroxylation is 1. The van der Waals surface area contributed by atoms with Crippen LogP contribution in [0.2, 0.25) is 0 Å². The molecule has 4 rings (SSSR count). The molecule has 3 aromatic rings. The molecule has 3 unspecified atom stereocenters. The van der Waals surface area contributed by atoms with Gasteiger partial charge in [-0.25, -0.2) is 9.59 Å². The molecule has 0 saturated carbocycles. The number of hydrogen-bond acceptors (Lipinski definition) is 6. The highest BCUT2D eigenvalue weighted by Gasteiger charge is 2.58. The molecule has 3 atom stereocenters. The lowest BCUT2D eigenvalue weighted by atomic mass is 9.85. The minimum absolute atomic E-state index is 0.325. The lowest BCUT2D eigenvalue weighted by Crippen LogP contribution is -2.52. The van der Waals surface area contributed by atoms with Gasteiger partial charge in [0, 0.05) is 12.0 Å². The molecule has 10 heteroatoms. The van der Waals surface area contributed by atoms with Crippen molar-refractivity contribution in [2.45, 2.75) is 43.6 Å². The van der Waals surface area contributed by atoms with Crippen molar-refractivity contribution in [1.82, 2.24) is 4.90 Å². The second kappa shape index (κ2) is 12.8. The Kier molecular flexibility index (Phi) is 9.16. The third-order valence-electron chi connectivity index (χ3n) is 7.28. The Hall–Kier alpha value is -4.54. The number of carbonyl (C=O) groups excluding carboxylic acids is 1. The van der Waals surface area contributed by atoms with Crippen LogP contribution in [-0.2, 0) is 35.1 Å². The van der Waals surface area contributed by atoms with Gasteiger partial charge in [-0.2, -0.15) is 0 Å². The van der Waals surface area contributed by atoms with E-state index < -0.39 is 54.9 Å². The molecule has 1 saturated heterocycles. The maximum absolute atomic E-state index is 13.6. The Morgan fingerprint density at radius 1 is 0.854 bits per heavy atom. The summed E-state index contributed by atoms with van der Waals surface area (Å²) >= 11 is 0. The first kappa shape index (κ1) is 29.4. The first-order valence-electron chi connectivity index (χ1n) is 13.1. The fourth-order valence-electron chi connectivity index (χ4n) is 5.08. The van der Waals surface area contributed by atoms with Gasteiger partial charge in [-0.3, -0.25) is 9.59 Å². The highest BCUT2D eigenvalue weighted by atomic mass is 16.8. The molecule has 0 radical (unpaired) electrons. The van der Waals surface area contributed by atoms with Crippen LogP contribution in [0.5, 0.6) is 0 Å². The van der Waals surface area contributed by atoms with Crippen LogP contribution in [0, 0.1) is 0 Å². The largest absolute Gasteiger partial charge is 0.480 e. The van der Waals surface area contributed by atoms with Crippen molar-refractivity contribution in [2.75, 3.05) is 13.2 Å². The van der Waals surface area contributed by atoms with Crippen molar-refractivity contribution in [3.05, 3.63) is 96.1 Å². The van der Waals surface area contributed by atoms with Crippen LogP contribution >= 0.6 is 0 Å². The third-order valence-corrected chi connectivity index (χ3v) is 7.28. The molecule has 0 aromatic heterocycles. The Morgan fingerprint density at radius 3 is 1.95 bits per heavy atom. The average molecular weight is 562 g/mol. The second-order valence-corrected chi connectivity index (χ2v) is 9.86. The van der Waals surface area contributed by atoms with E-state index in [9.17, 15) is 34.5 Å². The summed E-state index contributed by atoms with van der Waals surface area (Å²) in [6.07, 6.45) is -0.398. The number of carboxylic acids is 3. The van der Waals surface area contributed by atoms with Gasteiger partial charge in [-0.1, -0.05) is 84.9 Å². The van der Waals surface area contributed by atoms with E-state index in [1.54, 1.807) is 6.92 Å². The number of rotatable bonds is 12. The summed E-state index contributed by atoms with van der Waals surface area (Å²) < 4.78 is 10.0. The molecule has 3 aromatic carbocycles.